The molecule has 2 aromatic rings. The number of thiazole rings is 1. The molecule has 138 valence electrons. The molecular formula is C17H19N3O5S. The van der Waals surface area contributed by atoms with Crippen LogP contribution in [-0.4, -0.2) is 36.2 Å². The van der Waals surface area contributed by atoms with Crippen LogP contribution in [0.3, 0.4) is 0 Å². The van der Waals surface area contributed by atoms with Gasteiger partial charge in [0, 0.05) is 11.1 Å². The van der Waals surface area contributed by atoms with Gasteiger partial charge in [-0.1, -0.05) is 0 Å². The van der Waals surface area contributed by atoms with Crippen LogP contribution >= 0.6 is 11.3 Å². The van der Waals surface area contributed by atoms with Crippen molar-refractivity contribution in [3.63, 3.8) is 0 Å². The molecule has 0 aliphatic heterocycles. The predicted octanol–water partition coefficient (Wildman–Crippen LogP) is 3.07. The highest BCUT2D eigenvalue weighted by molar-refractivity contribution is 7.13. The van der Waals surface area contributed by atoms with E-state index in [0.717, 1.165) is 0 Å². The Morgan fingerprint density at radius 1 is 1.04 bits per heavy atom. The molecule has 0 saturated heterocycles. The van der Waals surface area contributed by atoms with Crippen LogP contribution in [0.2, 0.25) is 0 Å². The van der Waals surface area contributed by atoms with Gasteiger partial charge in [0.25, 0.3) is 0 Å². The van der Waals surface area contributed by atoms with Gasteiger partial charge >= 0.3 is 12.1 Å². The van der Waals surface area contributed by atoms with Gasteiger partial charge in [-0.25, -0.2) is 14.6 Å². The number of hydrogen-bond donors (Lipinski definition) is 2. The molecule has 0 atom stereocenters. The van der Waals surface area contributed by atoms with Gasteiger partial charge in [0.15, 0.2) is 5.13 Å². The first kappa shape index (κ1) is 19.4. The summed E-state index contributed by atoms with van der Waals surface area (Å²) in [5.41, 5.74) is 1.50. The number of carbonyl (C=O) groups excluding carboxylic acids is 3. The number of aromatic nitrogens is 1. The van der Waals surface area contributed by atoms with Crippen molar-refractivity contribution in [1.82, 2.24) is 4.98 Å². The zero-order valence-electron chi connectivity index (χ0n) is 14.4. The molecule has 2 N–H and O–H groups in total. The fraction of sp³-hybridized carbons (Fsp3) is 0.294. The predicted molar refractivity (Wildman–Crippen MR) is 97.5 cm³/mol. The summed E-state index contributed by atoms with van der Waals surface area (Å²) < 4.78 is 9.66. The van der Waals surface area contributed by atoms with Crippen LogP contribution in [-0.2, 0) is 20.7 Å². The monoisotopic (exact) mass is 377 g/mol. The molecule has 0 fully saturated rings. The Morgan fingerprint density at radius 3 is 2.38 bits per heavy atom. The van der Waals surface area contributed by atoms with Crippen molar-refractivity contribution in [3.05, 3.63) is 40.9 Å². The van der Waals surface area contributed by atoms with Crippen LogP contribution in [0.1, 0.15) is 29.9 Å². The summed E-state index contributed by atoms with van der Waals surface area (Å²) in [5, 5.41) is 7.26. The molecule has 0 radical (unpaired) electrons. The average molecular weight is 377 g/mol. The number of rotatable bonds is 7. The highest BCUT2D eigenvalue weighted by Crippen LogP contribution is 2.17. The van der Waals surface area contributed by atoms with E-state index in [1.165, 1.54) is 11.3 Å². The zero-order chi connectivity index (χ0) is 18.9. The SMILES string of the molecule is CCOC(=O)Nc1nc(CC(=O)Nc2ccc(C(=O)OCC)cc2)cs1. The van der Waals surface area contributed by atoms with Gasteiger partial charge in [0.05, 0.1) is 30.9 Å². The van der Waals surface area contributed by atoms with E-state index < -0.39 is 12.1 Å². The van der Waals surface area contributed by atoms with Gasteiger partial charge in [0.1, 0.15) is 0 Å². The van der Waals surface area contributed by atoms with Crippen LogP contribution in [0, 0.1) is 0 Å². The van der Waals surface area contributed by atoms with Crippen molar-refractivity contribution in [2.45, 2.75) is 20.3 Å². The first-order chi connectivity index (χ1) is 12.5. The number of anilines is 2. The second-order valence-corrected chi connectivity index (χ2v) is 5.87. The summed E-state index contributed by atoms with van der Waals surface area (Å²) in [6, 6.07) is 6.41. The van der Waals surface area contributed by atoms with Gasteiger partial charge in [-0.2, -0.15) is 0 Å². The lowest BCUT2D eigenvalue weighted by Crippen LogP contribution is -2.15. The standard InChI is InChI=1S/C17H19N3O5S/c1-3-24-15(22)11-5-7-12(8-6-11)18-14(21)9-13-10-26-16(19-13)20-17(23)25-4-2/h5-8,10H,3-4,9H2,1-2H3,(H,18,21)(H,19,20,23). The number of nitrogens with one attached hydrogen (secondary N) is 2. The quantitative estimate of drug-likeness (QED) is 0.718. The van der Waals surface area contributed by atoms with E-state index in [2.05, 4.69) is 15.6 Å². The van der Waals surface area contributed by atoms with Crippen molar-refractivity contribution >= 4 is 40.1 Å². The third-order valence-electron chi connectivity index (χ3n) is 3.06. The summed E-state index contributed by atoms with van der Waals surface area (Å²) in [6.07, 6.45) is -0.528. The second kappa shape index (κ2) is 9.52. The highest BCUT2D eigenvalue weighted by atomic mass is 32.1. The Labute approximate surface area is 154 Å². The number of benzene rings is 1. The van der Waals surface area contributed by atoms with Crippen molar-refractivity contribution < 1.29 is 23.9 Å². The van der Waals surface area contributed by atoms with Gasteiger partial charge in [-0.15, -0.1) is 11.3 Å². The molecule has 2 rings (SSSR count). The number of nitrogens with zero attached hydrogens (tertiary/aromatic N) is 1. The van der Waals surface area contributed by atoms with E-state index in [0.29, 0.717) is 28.7 Å². The zero-order valence-corrected chi connectivity index (χ0v) is 15.2. The number of ether oxygens (including phenoxy) is 2. The maximum atomic E-state index is 12.1. The van der Waals surface area contributed by atoms with Crippen LogP contribution in [0.15, 0.2) is 29.6 Å². The Balaban J connectivity index is 1.87. The summed E-state index contributed by atoms with van der Waals surface area (Å²) in [6.45, 7) is 4.01. The summed E-state index contributed by atoms with van der Waals surface area (Å²) >= 11 is 1.21. The van der Waals surface area contributed by atoms with Crippen molar-refractivity contribution in [2.24, 2.45) is 0 Å². The van der Waals surface area contributed by atoms with Gasteiger partial charge < -0.3 is 14.8 Å². The minimum absolute atomic E-state index is 0.0562. The minimum Gasteiger partial charge on any atom is -0.462 e. The van der Waals surface area contributed by atoms with Crippen molar-refractivity contribution in [3.8, 4) is 0 Å². The molecule has 26 heavy (non-hydrogen) atoms. The Bertz CT molecular complexity index is 773. The topological polar surface area (TPSA) is 107 Å². The summed E-state index contributed by atoms with van der Waals surface area (Å²) in [5.74, 6) is -0.670. The number of carbonyl (C=O) groups is 3. The smallest absolute Gasteiger partial charge is 0.413 e. The number of esters is 1. The molecule has 2 amide bonds. The lowest BCUT2D eigenvalue weighted by molar-refractivity contribution is -0.115. The van der Waals surface area contributed by atoms with Gasteiger partial charge in [0.2, 0.25) is 5.91 Å². The minimum atomic E-state index is -0.584. The molecule has 1 heterocycles. The largest absolute Gasteiger partial charge is 0.462 e. The maximum absolute atomic E-state index is 12.1. The molecule has 1 aromatic carbocycles. The number of amides is 2. The van der Waals surface area contributed by atoms with Crippen molar-refractivity contribution in [2.75, 3.05) is 23.8 Å². The maximum Gasteiger partial charge on any atom is 0.413 e. The molecule has 0 unspecified atom stereocenters. The Morgan fingerprint density at radius 2 is 1.73 bits per heavy atom. The van der Waals surface area contributed by atoms with E-state index >= 15 is 0 Å². The van der Waals surface area contributed by atoms with Gasteiger partial charge in [-0.05, 0) is 38.1 Å². The number of hydrogen-bond acceptors (Lipinski definition) is 7. The molecule has 0 aliphatic carbocycles. The fourth-order valence-corrected chi connectivity index (χ4v) is 2.67. The van der Waals surface area contributed by atoms with E-state index in [1.807, 2.05) is 0 Å². The molecular weight excluding hydrogens is 358 g/mol. The Hall–Kier alpha value is -2.94. The first-order valence-corrected chi connectivity index (χ1v) is 8.85. The van der Waals surface area contributed by atoms with Crippen LogP contribution in [0.5, 0.6) is 0 Å². The van der Waals surface area contributed by atoms with Crippen LogP contribution in [0.25, 0.3) is 0 Å². The third-order valence-corrected chi connectivity index (χ3v) is 3.86. The second-order valence-electron chi connectivity index (χ2n) is 5.01. The molecule has 0 spiro atoms. The fourth-order valence-electron chi connectivity index (χ4n) is 1.97. The van der Waals surface area contributed by atoms with E-state index in [9.17, 15) is 14.4 Å². The lowest BCUT2D eigenvalue weighted by Gasteiger charge is -2.06. The summed E-state index contributed by atoms with van der Waals surface area (Å²) in [7, 11) is 0. The van der Waals surface area contributed by atoms with Crippen LogP contribution < -0.4 is 10.6 Å². The summed E-state index contributed by atoms with van der Waals surface area (Å²) in [4.78, 5) is 39.1. The highest BCUT2D eigenvalue weighted by Gasteiger charge is 2.11. The molecule has 0 saturated carbocycles. The Kier molecular flexibility index (Phi) is 7.10. The third kappa shape index (κ3) is 5.85. The normalized spacial score (nSPS) is 10.1. The lowest BCUT2D eigenvalue weighted by atomic mass is 10.2. The van der Waals surface area contributed by atoms with Crippen molar-refractivity contribution in [1.29, 1.82) is 0 Å². The molecule has 0 aliphatic rings. The molecule has 8 nitrogen and oxygen atoms in total. The first-order valence-electron chi connectivity index (χ1n) is 7.97. The molecule has 0 bridgehead atoms. The van der Waals surface area contributed by atoms with E-state index in [4.69, 9.17) is 9.47 Å². The van der Waals surface area contributed by atoms with Crippen LogP contribution in [0.4, 0.5) is 15.6 Å². The molecule has 9 heteroatoms. The van der Waals surface area contributed by atoms with E-state index in [1.54, 1.807) is 43.5 Å². The average Bonchev–Trinajstić information content (AvgIpc) is 3.02. The molecule has 1 aromatic heterocycles. The van der Waals surface area contributed by atoms with E-state index in [-0.39, 0.29) is 18.9 Å². The van der Waals surface area contributed by atoms with Gasteiger partial charge in [-0.3, -0.25) is 10.1 Å².